The molecule has 1 amide bonds. The summed E-state index contributed by atoms with van der Waals surface area (Å²) in [7, 11) is 0. The van der Waals surface area contributed by atoms with Gasteiger partial charge in [0.05, 0.1) is 0 Å². The van der Waals surface area contributed by atoms with Crippen LogP contribution in [0.5, 0.6) is 0 Å². The van der Waals surface area contributed by atoms with Crippen molar-refractivity contribution >= 4 is 11.6 Å². The number of carbonyl (C=O) groups is 1. The first-order chi connectivity index (χ1) is 10.3. The fraction of sp³-hybridized carbons (Fsp3) is 0.588. The number of nitrogens with one attached hydrogen (secondary N) is 1. The van der Waals surface area contributed by atoms with Crippen LogP contribution in [0.1, 0.15) is 18.9 Å². The number of amides is 1. The van der Waals surface area contributed by atoms with Crippen molar-refractivity contribution in [2.24, 2.45) is 5.92 Å². The molecule has 2 aliphatic heterocycles. The van der Waals surface area contributed by atoms with Crippen LogP contribution >= 0.6 is 0 Å². The van der Waals surface area contributed by atoms with Crippen LogP contribution in [0.4, 0.5) is 5.69 Å². The molecule has 2 fully saturated rings. The largest absolute Gasteiger partial charge is 0.369 e. The van der Waals surface area contributed by atoms with E-state index in [-0.39, 0.29) is 11.8 Å². The Labute approximate surface area is 127 Å². The van der Waals surface area contributed by atoms with Crippen molar-refractivity contribution < 1.29 is 4.79 Å². The Kier molecular flexibility index (Phi) is 4.44. The van der Waals surface area contributed by atoms with E-state index in [1.807, 2.05) is 0 Å². The van der Waals surface area contributed by atoms with Gasteiger partial charge >= 0.3 is 0 Å². The van der Waals surface area contributed by atoms with Gasteiger partial charge in [-0.05, 0) is 31.0 Å². The van der Waals surface area contributed by atoms with Crippen LogP contribution in [-0.2, 0) is 11.2 Å². The summed E-state index contributed by atoms with van der Waals surface area (Å²) >= 11 is 0. The number of hydrogen-bond acceptors (Lipinski definition) is 3. The predicted octanol–water partition coefficient (Wildman–Crippen LogP) is 1.51. The Morgan fingerprint density at radius 3 is 2.62 bits per heavy atom. The highest BCUT2D eigenvalue weighted by molar-refractivity contribution is 5.81. The first-order valence-electron chi connectivity index (χ1n) is 8.11. The molecule has 1 aromatic rings. The maximum atomic E-state index is 11.8. The SMILES string of the molecule is CCN1CCN(c2ccccc2CC2CCNC2=O)CC1. The number of hydrogen-bond donors (Lipinski definition) is 1. The Bertz CT molecular complexity index is 495. The molecule has 3 rings (SSSR count). The minimum atomic E-state index is 0.156. The summed E-state index contributed by atoms with van der Waals surface area (Å²) in [5.41, 5.74) is 2.65. The van der Waals surface area contributed by atoms with Crippen LogP contribution in [0.15, 0.2) is 24.3 Å². The standard InChI is InChI=1S/C17H25N3O/c1-2-19-9-11-20(12-10-19)16-6-4-3-5-14(16)13-15-7-8-18-17(15)21/h3-6,15H,2,7-13H2,1H3,(H,18,21). The summed E-state index contributed by atoms with van der Waals surface area (Å²) in [6, 6.07) is 8.60. The lowest BCUT2D eigenvalue weighted by molar-refractivity contribution is -0.122. The molecule has 2 saturated heterocycles. The van der Waals surface area contributed by atoms with Crippen molar-refractivity contribution in [2.75, 3.05) is 44.2 Å². The van der Waals surface area contributed by atoms with Gasteiger partial charge in [-0.25, -0.2) is 0 Å². The zero-order valence-electron chi connectivity index (χ0n) is 12.8. The average molecular weight is 287 g/mol. The van der Waals surface area contributed by atoms with Crippen LogP contribution in [-0.4, -0.2) is 50.1 Å². The summed E-state index contributed by atoms with van der Waals surface area (Å²) in [4.78, 5) is 16.8. The molecule has 0 radical (unpaired) electrons. The van der Waals surface area contributed by atoms with E-state index < -0.39 is 0 Å². The van der Waals surface area contributed by atoms with Crippen molar-refractivity contribution in [2.45, 2.75) is 19.8 Å². The third-order valence-corrected chi connectivity index (χ3v) is 4.78. The number of para-hydroxylation sites is 1. The molecule has 0 aromatic heterocycles. The molecule has 1 N–H and O–H groups in total. The highest BCUT2D eigenvalue weighted by Gasteiger charge is 2.26. The van der Waals surface area contributed by atoms with Gasteiger partial charge in [0.25, 0.3) is 0 Å². The minimum absolute atomic E-state index is 0.156. The van der Waals surface area contributed by atoms with Crippen molar-refractivity contribution in [1.82, 2.24) is 10.2 Å². The first kappa shape index (κ1) is 14.4. The zero-order chi connectivity index (χ0) is 14.7. The molecule has 4 nitrogen and oxygen atoms in total. The highest BCUT2D eigenvalue weighted by atomic mass is 16.2. The number of benzene rings is 1. The van der Waals surface area contributed by atoms with Gasteiger partial charge in [-0.15, -0.1) is 0 Å². The number of anilines is 1. The lowest BCUT2D eigenvalue weighted by atomic mass is 9.96. The quantitative estimate of drug-likeness (QED) is 0.912. The third kappa shape index (κ3) is 3.21. The van der Waals surface area contributed by atoms with Crippen LogP contribution in [0.3, 0.4) is 0 Å². The molecule has 0 spiro atoms. The molecule has 21 heavy (non-hydrogen) atoms. The van der Waals surface area contributed by atoms with Crippen LogP contribution in [0.2, 0.25) is 0 Å². The summed E-state index contributed by atoms with van der Waals surface area (Å²) in [6.07, 6.45) is 1.84. The lowest BCUT2D eigenvalue weighted by Crippen LogP contribution is -2.46. The Morgan fingerprint density at radius 1 is 1.19 bits per heavy atom. The van der Waals surface area contributed by atoms with Gasteiger partial charge in [0.15, 0.2) is 0 Å². The average Bonchev–Trinajstić information content (AvgIpc) is 2.93. The summed E-state index contributed by atoms with van der Waals surface area (Å²) in [5, 5.41) is 2.94. The normalized spacial score (nSPS) is 23.4. The van der Waals surface area contributed by atoms with E-state index in [2.05, 4.69) is 46.3 Å². The molecule has 1 unspecified atom stereocenters. The molecular formula is C17H25N3O. The van der Waals surface area contributed by atoms with Crippen molar-refractivity contribution in [3.8, 4) is 0 Å². The van der Waals surface area contributed by atoms with E-state index in [0.29, 0.717) is 0 Å². The maximum Gasteiger partial charge on any atom is 0.223 e. The monoisotopic (exact) mass is 287 g/mol. The predicted molar refractivity (Wildman–Crippen MR) is 85.6 cm³/mol. The van der Waals surface area contributed by atoms with Gasteiger partial charge in [-0.1, -0.05) is 25.1 Å². The number of rotatable bonds is 4. The number of nitrogens with zero attached hydrogens (tertiary/aromatic N) is 2. The van der Waals surface area contributed by atoms with Gasteiger partial charge in [0.2, 0.25) is 5.91 Å². The smallest absolute Gasteiger partial charge is 0.223 e. The molecule has 2 aliphatic rings. The Morgan fingerprint density at radius 2 is 1.95 bits per heavy atom. The second-order valence-corrected chi connectivity index (χ2v) is 6.03. The second-order valence-electron chi connectivity index (χ2n) is 6.03. The first-order valence-corrected chi connectivity index (χ1v) is 8.11. The highest BCUT2D eigenvalue weighted by Crippen LogP contribution is 2.26. The molecule has 4 heteroatoms. The van der Waals surface area contributed by atoms with Crippen molar-refractivity contribution in [1.29, 1.82) is 0 Å². The summed E-state index contributed by atoms with van der Waals surface area (Å²) < 4.78 is 0. The molecule has 1 atom stereocenters. The van der Waals surface area contributed by atoms with E-state index in [1.165, 1.54) is 11.3 Å². The molecular weight excluding hydrogens is 262 g/mol. The molecule has 0 aliphatic carbocycles. The number of piperazine rings is 1. The Hall–Kier alpha value is -1.55. The van der Waals surface area contributed by atoms with Gasteiger partial charge in [-0.2, -0.15) is 0 Å². The zero-order valence-corrected chi connectivity index (χ0v) is 12.8. The van der Waals surface area contributed by atoms with Crippen molar-refractivity contribution in [3.63, 3.8) is 0 Å². The molecule has 0 saturated carbocycles. The summed E-state index contributed by atoms with van der Waals surface area (Å²) in [6.45, 7) is 8.63. The topological polar surface area (TPSA) is 35.6 Å². The van der Waals surface area contributed by atoms with Crippen LogP contribution in [0.25, 0.3) is 0 Å². The van der Waals surface area contributed by atoms with Crippen LogP contribution in [0, 0.1) is 5.92 Å². The maximum absolute atomic E-state index is 11.8. The van der Waals surface area contributed by atoms with E-state index in [4.69, 9.17) is 0 Å². The van der Waals surface area contributed by atoms with E-state index in [1.54, 1.807) is 0 Å². The molecule has 114 valence electrons. The molecule has 0 bridgehead atoms. The minimum Gasteiger partial charge on any atom is -0.369 e. The molecule has 2 heterocycles. The third-order valence-electron chi connectivity index (χ3n) is 4.78. The van der Waals surface area contributed by atoms with Crippen molar-refractivity contribution in [3.05, 3.63) is 29.8 Å². The molecule has 1 aromatic carbocycles. The summed E-state index contributed by atoms with van der Waals surface area (Å²) in [5.74, 6) is 0.378. The van der Waals surface area contributed by atoms with Gasteiger partial charge in [0.1, 0.15) is 0 Å². The fourth-order valence-corrected chi connectivity index (χ4v) is 3.40. The van der Waals surface area contributed by atoms with E-state index >= 15 is 0 Å². The van der Waals surface area contributed by atoms with E-state index in [0.717, 1.165) is 52.1 Å². The Balaban J connectivity index is 1.72. The van der Waals surface area contributed by atoms with Gasteiger partial charge in [-0.3, -0.25) is 4.79 Å². The number of carbonyl (C=O) groups excluding carboxylic acids is 1. The van der Waals surface area contributed by atoms with Gasteiger partial charge in [0, 0.05) is 44.3 Å². The van der Waals surface area contributed by atoms with E-state index in [9.17, 15) is 4.79 Å². The second kappa shape index (κ2) is 6.48. The lowest BCUT2D eigenvalue weighted by Gasteiger charge is -2.36. The fourth-order valence-electron chi connectivity index (χ4n) is 3.40. The van der Waals surface area contributed by atoms with Crippen LogP contribution < -0.4 is 10.2 Å². The van der Waals surface area contributed by atoms with Gasteiger partial charge < -0.3 is 15.1 Å². The number of likely N-dealkylation sites (N-methyl/N-ethyl adjacent to an activating group) is 1.